The van der Waals surface area contributed by atoms with Crippen molar-refractivity contribution in [1.82, 2.24) is 20.6 Å². The summed E-state index contributed by atoms with van der Waals surface area (Å²) in [5, 5.41) is 4.23. The van der Waals surface area contributed by atoms with E-state index in [1.807, 2.05) is 0 Å². The fourth-order valence-electron chi connectivity index (χ4n) is 2.00. The van der Waals surface area contributed by atoms with Crippen molar-refractivity contribution >= 4 is 34.6 Å². The average molecular weight is 386 g/mol. The number of hydrogen-bond acceptors (Lipinski definition) is 5. The normalized spacial score (nSPS) is 12.9. The van der Waals surface area contributed by atoms with Crippen LogP contribution in [0.5, 0.6) is 0 Å². The lowest BCUT2D eigenvalue weighted by Gasteiger charge is -2.15. The number of halogens is 3. The maximum Gasteiger partial charge on any atom is 0.451 e. The van der Waals surface area contributed by atoms with E-state index in [-0.39, 0.29) is 16.6 Å². The second-order valence-corrected chi connectivity index (χ2v) is 7.07. The van der Waals surface area contributed by atoms with E-state index in [1.165, 1.54) is 13.0 Å². The second kappa shape index (κ2) is 7.90. The molecule has 0 aliphatic heterocycles. The Bertz CT molecular complexity index is 827. The van der Waals surface area contributed by atoms with Crippen LogP contribution >= 0.6 is 11.8 Å². The van der Waals surface area contributed by atoms with Crippen LogP contribution in [0.25, 0.3) is 10.9 Å². The van der Waals surface area contributed by atoms with Crippen LogP contribution in [0, 0.1) is 0 Å². The van der Waals surface area contributed by atoms with Gasteiger partial charge in [0.1, 0.15) is 5.03 Å². The summed E-state index contributed by atoms with van der Waals surface area (Å²) in [6.07, 6.45) is -4.71. The van der Waals surface area contributed by atoms with Crippen molar-refractivity contribution in [3.8, 4) is 0 Å². The fourth-order valence-corrected chi connectivity index (χ4v) is 2.94. The van der Waals surface area contributed by atoms with Crippen LogP contribution < -0.4 is 10.6 Å². The van der Waals surface area contributed by atoms with Gasteiger partial charge in [0, 0.05) is 11.4 Å². The van der Waals surface area contributed by atoms with Crippen LogP contribution in [0.15, 0.2) is 29.3 Å². The minimum Gasteiger partial charge on any atom is -0.336 e. The third-order valence-electron chi connectivity index (χ3n) is 3.14. The molecular formula is C16H17F3N4O2S. The van der Waals surface area contributed by atoms with E-state index >= 15 is 0 Å². The molecule has 1 aromatic heterocycles. The zero-order chi connectivity index (χ0) is 19.5. The predicted octanol–water partition coefficient (Wildman–Crippen LogP) is 3.36. The van der Waals surface area contributed by atoms with E-state index in [0.717, 1.165) is 11.8 Å². The first-order valence-electron chi connectivity index (χ1n) is 7.70. The lowest BCUT2D eigenvalue weighted by atomic mass is 10.2. The molecule has 0 aliphatic carbocycles. The zero-order valence-corrected chi connectivity index (χ0v) is 15.0. The molecule has 3 amide bonds. The number of urea groups is 1. The summed E-state index contributed by atoms with van der Waals surface area (Å²) >= 11 is 0.829. The molecule has 0 spiro atoms. The number of para-hydroxylation sites is 1. The number of thioether (sulfide) groups is 1. The van der Waals surface area contributed by atoms with E-state index in [9.17, 15) is 22.8 Å². The van der Waals surface area contributed by atoms with Gasteiger partial charge >= 0.3 is 12.2 Å². The number of aromatic nitrogens is 2. The summed E-state index contributed by atoms with van der Waals surface area (Å²) in [5.41, 5.74) is 0.127. The molecule has 1 aromatic carbocycles. The van der Waals surface area contributed by atoms with Gasteiger partial charge in [-0.25, -0.2) is 14.8 Å². The first-order chi connectivity index (χ1) is 12.1. The van der Waals surface area contributed by atoms with Gasteiger partial charge in [-0.05, 0) is 26.8 Å². The number of carbonyl (C=O) groups is 2. The van der Waals surface area contributed by atoms with Crippen molar-refractivity contribution in [3.05, 3.63) is 30.1 Å². The summed E-state index contributed by atoms with van der Waals surface area (Å²) in [5.74, 6) is -1.91. The molecule has 2 N–H and O–H groups in total. The van der Waals surface area contributed by atoms with Crippen LogP contribution in [0.1, 0.15) is 26.6 Å². The van der Waals surface area contributed by atoms with Crippen LogP contribution in [0.2, 0.25) is 0 Å². The quantitative estimate of drug-likeness (QED) is 0.622. The van der Waals surface area contributed by atoms with Gasteiger partial charge in [-0.15, -0.1) is 0 Å². The number of hydrogen-bond donors (Lipinski definition) is 2. The number of benzene rings is 1. The summed E-state index contributed by atoms with van der Waals surface area (Å²) in [7, 11) is 0. The summed E-state index contributed by atoms with van der Waals surface area (Å²) in [6, 6.07) is 5.40. The molecule has 6 nitrogen and oxygen atoms in total. The molecule has 10 heteroatoms. The van der Waals surface area contributed by atoms with Crippen molar-refractivity contribution in [1.29, 1.82) is 0 Å². The number of rotatable bonds is 4. The molecular weight excluding hydrogens is 369 g/mol. The molecule has 1 atom stereocenters. The fraction of sp³-hybridized carbons (Fsp3) is 0.375. The Morgan fingerprint density at radius 3 is 2.38 bits per heavy atom. The molecule has 0 saturated carbocycles. The number of amides is 3. The molecule has 0 bridgehead atoms. The smallest absolute Gasteiger partial charge is 0.336 e. The Morgan fingerprint density at radius 1 is 1.12 bits per heavy atom. The molecule has 0 fully saturated rings. The monoisotopic (exact) mass is 386 g/mol. The third-order valence-corrected chi connectivity index (χ3v) is 4.24. The SMILES string of the molecule is CC(C)NC(=O)NC(=O)[C@H](C)Sc1nc(C(F)(F)F)nc2ccccc12. The van der Waals surface area contributed by atoms with Gasteiger partial charge in [0.2, 0.25) is 11.7 Å². The highest BCUT2D eigenvalue weighted by molar-refractivity contribution is 8.00. The topological polar surface area (TPSA) is 84.0 Å². The number of nitrogens with zero attached hydrogens (tertiary/aromatic N) is 2. The molecule has 140 valence electrons. The number of carbonyl (C=O) groups excluding carboxylic acids is 2. The van der Waals surface area contributed by atoms with Gasteiger partial charge in [-0.1, -0.05) is 30.0 Å². The lowest BCUT2D eigenvalue weighted by molar-refractivity contribution is -0.145. The van der Waals surface area contributed by atoms with Gasteiger partial charge in [-0.2, -0.15) is 13.2 Å². The number of imide groups is 1. The number of fused-ring (bicyclic) bond motifs is 1. The van der Waals surface area contributed by atoms with E-state index in [0.29, 0.717) is 5.39 Å². The largest absolute Gasteiger partial charge is 0.451 e. The Balaban J connectivity index is 2.26. The Morgan fingerprint density at radius 2 is 1.77 bits per heavy atom. The Hall–Kier alpha value is -2.36. The summed E-state index contributed by atoms with van der Waals surface area (Å²) in [4.78, 5) is 30.8. The maximum absolute atomic E-state index is 13.0. The van der Waals surface area contributed by atoms with Crippen LogP contribution in [0.3, 0.4) is 0 Å². The van der Waals surface area contributed by atoms with Crippen LogP contribution in [-0.2, 0) is 11.0 Å². The first kappa shape index (κ1) is 20.0. The molecule has 0 unspecified atom stereocenters. The van der Waals surface area contributed by atoms with Crippen molar-refractivity contribution < 1.29 is 22.8 Å². The van der Waals surface area contributed by atoms with Crippen LogP contribution in [-0.4, -0.2) is 33.2 Å². The predicted molar refractivity (Wildman–Crippen MR) is 91.7 cm³/mol. The Labute approximate surface area is 152 Å². The second-order valence-electron chi connectivity index (χ2n) is 5.74. The molecule has 0 aliphatic rings. The highest BCUT2D eigenvalue weighted by atomic mass is 32.2. The zero-order valence-electron chi connectivity index (χ0n) is 14.2. The molecule has 1 heterocycles. The van der Waals surface area contributed by atoms with Crippen molar-refractivity contribution in [2.24, 2.45) is 0 Å². The van der Waals surface area contributed by atoms with Gasteiger partial charge < -0.3 is 5.32 Å². The van der Waals surface area contributed by atoms with Crippen molar-refractivity contribution in [2.45, 2.75) is 43.3 Å². The highest BCUT2D eigenvalue weighted by Crippen LogP contribution is 2.33. The summed E-state index contributed by atoms with van der Waals surface area (Å²) in [6.45, 7) is 4.94. The van der Waals surface area contributed by atoms with Gasteiger partial charge in [0.05, 0.1) is 10.8 Å². The van der Waals surface area contributed by atoms with Crippen molar-refractivity contribution in [2.75, 3.05) is 0 Å². The maximum atomic E-state index is 13.0. The van der Waals surface area contributed by atoms with E-state index in [4.69, 9.17) is 0 Å². The molecule has 26 heavy (non-hydrogen) atoms. The van der Waals surface area contributed by atoms with Gasteiger partial charge in [0.15, 0.2) is 0 Å². The number of alkyl halides is 3. The standard InChI is InChI=1S/C16H17F3N4O2S/c1-8(2)20-15(25)22-12(24)9(3)26-13-10-6-4-5-7-11(10)21-14(23-13)16(17,18)19/h4-9H,1-3H3,(H2,20,22,24,25)/t9-/m0/s1. The molecule has 0 saturated heterocycles. The Kier molecular flexibility index (Phi) is 6.06. The van der Waals surface area contributed by atoms with E-state index in [2.05, 4.69) is 20.6 Å². The van der Waals surface area contributed by atoms with Crippen LogP contribution in [0.4, 0.5) is 18.0 Å². The van der Waals surface area contributed by atoms with Gasteiger partial charge in [-0.3, -0.25) is 10.1 Å². The minimum absolute atomic E-state index is 0.0230. The minimum atomic E-state index is -4.71. The number of nitrogens with one attached hydrogen (secondary N) is 2. The van der Waals surface area contributed by atoms with Crippen molar-refractivity contribution in [3.63, 3.8) is 0 Å². The summed E-state index contributed by atoms with van der Waals surface area (Å²) < 4.78 is 39.1. The molecule has 0 radical (unpaired) electrons. The van der Waals surface area contributed by atoms with E-state index < -0.39 is 29.2 Å². The van der Waals surface area contributed by atoms with Gasteiger partial charge in [0.25, 0.3) is 0 Å². The molecule has 2 aromatic rings. The van der Waals surface area contributed by atoms with E-state index in [1.54, 1.807) is 32.0 Å². The average Bonchev–Trinajstić information content (AvgIpc) is 2.52. The highest BCUT2D eigenvalue weighted by Gasteiger charge is 2.36. The first-order valence-corrected chi connectivity index (χ1v) is 8.58. The molecule has 2 rings (SSSR count). The third kappa shape index (κ3) is 5.07. The lowest BCUT2D eigenvalue weighted by Crippen LogP contribution is -2.45.